The lowest BCUT2D eigenvalue weighted by Crippen LogP contribution is -2.11. The third-order valence-corrected chi connectivity index (χ3v) is 3.58. The Balaban J connectivity index is 2.37. The molecule has 1 aromatic carbocycles. The topological polar surface area (TPSA) is 21.3 Å². The molecule has 1 rings (SSSR count). The summed E-state index contributed by atoms with van der Waals surface area (Å²) in [5.41, 5.74) is 2.53. The number of benzene rings is 1. The third kappa shape index (κ3) is 5.98. The molecule has 0 atom stereocenters. The third-order valence-electron chi connectivity index (χ3n) is 2.85. The lowest BCUT2D eigenvalue weighted by molar-refractivity contribution is 0.116. The molecule has 0 fully saturated rings. The summed E-state index contributed by atoms with van der Waals surface area (Å²) < 4.78 is 6.82. The molecule has 2 nitrogen and oxygen atoms in total. The molecule has 0 aliphatic rings. The molecule has 0 unspecified atom stereocenters. The van der Waals surface area contributed by atoms with Crippen LogP contribution in [0.4, 0.5) is 0 Å². The van der Waals surface area contributed by atoms with Gasteiger partial charge >= 0.3 is 0 Å². The molecule has 0 aromatic heterocycles. The monoisotopic (exact) mass is 313 g/mol. The normalized spacial score (nSPS) is 10.8. The van der Waals surface area contributed by atoms with Gasteiger partial charge in [-0.2, -0.15) is 0 Å². The van der Waals surface area contributed by atoms with Gasteiger partial charge in [0, 0.05) is 17.6 Å². The standard InChI is InChI=1S/C15H24BrNO/c1-3-5-6-9-18-12-14-8-7-13(10-15(14)16)11-17-4-2/h7-8,10,17H,3-6,9,11-12H2,1-2H3. The first-order valence-corrected chi connectivity index (χ1v) is 7.63. The van der Waals surface area contributed by atoms with Crippen LogP contribution in [0.25, 0.3) is 0 Å². The molecular formula is C15H24BrNO. The van der Waals surface area contributed by atoms with Crippen molar-refractivity contribution in [3.63, 3.8) is 0 Å². The maximum absolute atomic E-state index is 5.68. The highest BCUT2D eigenvalue weighted by molar-refractivity contribution is 9.10. The number of nitrogens with one attached hydrogen (secondary N) is 1. The molecule has 0 amide bonds. The summed E-state index contributed by atoms with van der Waals surface area (Å²) >= 11 is 3.61. The minimum absolute atomic E-state index is 0.700. The number of ether oxygens (including phenoxy) is 1. The second-order valence-corrected chi connectivity index (χ2v) is 5.32. The molecule has 0 saturated heterocycles. The highest BCUT2D eigenvalue weighted by Crippen LogP contribution is 2.19. The molecule has 0 heterocycles. The zero-order chi connectivity index (χ0) is 13.2. The average molecular weight is 314 g/mol. The molecule has 0 aliphatic carbocycles. The van der Waals surface area contributed by atoms with Gasteiger partial charge in [0.15, 0.2) is 0 Å². The Kier molecular flexibility index (Phi) is 8.31. The first kappa shape index (κ1) is 15.7. The Hall–Kier alpha value is -0.380. The van der Waals surface area contributed by atoms with E-state index < -0.39 is 0 Å². The molecule has 0 spiro atoms. The van der Waals surface area contributed by atoms with Crippen LogP contribution in [0.5, 0.6) is 0 Å². The first-order valence-electron chi connectivity index (χ1n) is 6.83. The number of hydrogen-bond donors (Lipinski definition) is 1. The maximum atomic E-state index is 5.68. The van der Waals surface area contributed by atoms with Gasteiger partial charge in [0.05, 0.1) is 6.61 Å². The minimum atomic E-state index is 0.700. The van der Waals surface area contributed by atoms with Crippen LogP contribution in [-0.2, 0) is 17.9 Å². The zero-order valence-electron chi connectivity index (χ0n) is 11.5. The van der Waals surface area contributed by atoms with Crippen molar-refractivity contribution >= 4 is 15.9 Å². The van der Waals surface area contributed by atoms with Gasteiger partial charge in [0.25, 0.3) is 0 Å². The number of hydrogen-bond acceptors (Lipinski definition) is 2. The van der Waals surface area contributed by atoms with E-state index in [1.54, 1.807) is 0 Å². The first-order chi connectivity index (χ1) is 8.77. The van der Waals surface area contributed by atoms with Gasteiger partial charge < -0.3 is 10.1 Å². The van der Waals surface area contributed by atoms with Crippen molar-refractivity contribution in [3.05, 3.63) is 33.8 Å². The largest absolute Gasteiger partial charge is 0.377 e. The fraction of sp³-hybridized carbons (Fsp3) is 0.600. The highest BCUT2D eigenvalue weighted by Gasteiger charge is 2.01. The Morgan fingerprint density at radius 1 is 1.22 bits per heavy atom. The van der Waals surface area contributed by atoms with Gasteiger partial charge in [-0.3, -0.25) is 0 Å². The fourth-order valence-corrected chi connectivity index (χ4v) is 2.26. The van der Waals surface area contributed by atoms with Crippen LogP contribution in [0.1, 0.15) is 44.2 Å². The fourth-order valence-electron chi connectivity index (χ4n) is 1.72. The summed E-state index contributed by atoms with van der Waals surface area (Å²) in [4.78, 5) is 0. The average Bonchev–Trinajstić information content (AvgIpc) is 2.38. The van der Waals surface area contributed by atoms with Crippen LogP contribution in [0.3, 0.4) is 0 Å². The van der Waals surface area contributed by atoms with Gasteiger partial charge in [-0.25, -0.2) is 0 Å². The van der Waals surface area contributed by atoms with Crippen LogP contribution in [-0.4, -0.2) is 13.2 Å². The molecule has 3 heteroatoms. The van der Waals surface area contributed by atoms with Gasteiger partial charge in [-0.1, -0.05) is 54.8 Å². The smallest absolute Gasteiger partial charge is 0.0727 e. The molecule has 0 radical (unpaired) electrons. The number of halogens is 1. The van der Waals surface area contributed by atoms with Gasteiger partial charge in [-0.15, -0.1) is 0 Å². The second-order valence-electron chi connectivity index (χ2n) is 4.47. The molecular weight excluding hydrogens is 290 g/mol. The molecule has 102 valence electrons. The van der Waals surface area contributed by atoms with Gasteiger partial charge in [-0.05, 0) is 30.2 Å². The highest BCUT2D eigenvalue weighted by atomic mass is 79.9. The maximum Gasteiger partial charge on any atom is 0.0727 e. The van der Waals surface area contributed by atoms with Crippen molar-refractivity contribution in [2.24, 2.45) is 0 Å². The molecule has 0 saturated carbocycles. The van der Waals surface area contributed by atoms with Gasteiger partial charge in [0.2, 0.25) is 0 Å². The molecule has 0 bridgehead atoms. The van der Waals surface area contributed by atoms with Crippen LogP contribution < -0.4 is 5.32 Å². The number of rotatable bonds is 9. The quantitative estimate of drug-likeness (QED) is 0.688. The van der Waals surface area contributed by atoms with E-state index in [0.29, 0.717) is 6.61 Å². The van der Waals surface area contributed by atoms with Crippen molar-refractivity contribution in [1.82, 2.24) is 5.32 Å². The van der Waals surface area contributed by atoms with Crippen molar-refractivity contribution in [1.29, 1.82) is 0 Å². The summed E-state index contributed by atoms with van der Waals surface area (Å²) in [6.07, 6.45) is 3.65. The van der Waals surface area contributed by atoms with E-state index in [1.165, 1.54) is 24.0 Å². The predicted octanol–water partition coefficient (Wildman–Crippen LogP) is 4.27. The van der Waals surface area contributed by atoms with Crippen molar-refractivity contribution in [2.75, 3.05) is 13.2 Å². The Labute approximate surface area is 119 Å². The van der Waals surface area contributed by atoms with E-state index >= 15 is 0 Å². The van der Waals surface area contributed by atoms with Crippen molar-refractivity contribution in [3.8, 4) is 0 Å². The lowest BCUT2D eigenvalue weighted by Gasteiger charge is -2.09. The molecule has 1 N–H and O–H groups in total. The lowest BCUT2D eigenvalue weighted by atomic mass is 10.1. The van der Waals surface area contributed by atoms with E-state index in [4.69, 9.17) is 4.74 Å². The zero-order valence-corrected chi connectivity index (χ0v) is 13.1. The Bertz CT molecular complexity index is 341. The Morgan fingerprint density at radius 2 is 2.06 bits per heavy atom. The minimum Gasteiger partial charge on any atom is -0.377 e. The van der Waals surface area contributed by atoms with E-state index in [0.717, 1.165) is 30.6 Å². The molecule has 0 aliphatic heterocycles. The van der Waals surface area contributed by atoms with E-state index in [1.807, 2.05) is 0 Å². The summed E-state index contributed by atoms with van der Waals surface area (Å²) in [6, 6.07) is 6.49. The second kappa shape index (κ2) is 9.54. The van der Waals surface area contributed by atoms with E-state index in [9.17, 15) is 0 Å². The van der Waals surface area contributed by atoms with Crippen LogP contribution in [0.15, 0.2) is 22.7 Å². The van der Waals surface area contributed by atoms with E-state index in [2.05, 4.69) is 53.3 Å². The molecule has 18 heavy (non-hydrogen) atoms. The van der Waals surface area contributed by atoms with Crippen molar-refractivity contribution < 1.29 is 4.74 Å². The predicted molar refractivity (Wildman–Crippen MR) is 80.7 cm³/mol. The van der Waals surface area contributed by atoms with Crippen LogP contribution >= 0.6 is 15.9 Å². The van der Waals surface area contributed by atoms with Crippen LogP contribution in [0, 0.1) is 0 Å². The summed E-state index contributed by atoms with van der Waals surface area (Å²) in [6.45, 7) is 7.81. The van der Waals surface area contributed by atoms with Crippen molar-refractivity contribution in [2.45, 2.75) is 46.3 Å². The summed E-state index contributed by atoms with van der Waals surface area (Å²) in [5.74, 6) is 0. The number of unbranched alkanes of at least 4 members (excludes halogenated alkanes) is 2. The van der Waals surface area contributed by atoms with E-state index in [-0.39, 0.29) is 0 Å². The van der Waals surface area contributed by atoms with Gasteiger partial charge in [0.1, 0.15) is 0 Å². The SMILES string of the molecule is CCCCCOCc1ccc(CNCC)cc1Br. The molecule has 1 aromatic rings. The summed E-state index contributed by atoms with van der Waals surface area (Å²) in [7, 11) is 0. The Morgan fingerprint density at radius 3 is 2.72 bits per heavy atom. The summed E-state index contributed by atoms with van der Waals surface area (Å²) in [5, 5.41) is 3.33. The van der Waals surface area contributed by atoms with Crippen LogP contribution in [0.2, 0.25) is 0 Å².